The van der Waals surface area contributed by atoms with Crippen LogP contribution < -0.4 is 4.90 Å². The summed E-state index contributed by atoms with van der Waals surface area (Å²) in [5.41, 5.74) is 0.892. The number of aromatic nitrogens is 3. The molecule has 2 heterocycles. The number of carbonyl (C=O) groups is 2. The molecule has 2 amide bonds. The van der Waals surface area contributed by atoms with Gasteiger partial charge in [0, 0.05) is 12.0 Å². The van der Waals surface area contributed by atoms with Gasteiger partial charge in [-0.1, -0.05) is 47.7 Å². The van der Waals surface area contributed by atoms with E-state index in [1.807, 2.05) is 31.2 Å². The maximum atomic E-state index is 13.0. The van der Waals surface area contributed by atoms with E-state index in [9.17, 15) is 22.8 Å². The van der Waals surface area contributed by atoms with Crippen molar-refractivity contribution >= 4 is 29.3 Å². The van der Waals surface area contributed by atoms with Crippen molar-refractivity contribution in [2.45, 2.75) is 29.9 Å². The fourth-order valence-corrected chi connectivity index (χ4v) is 3.98. The third kappa shape index (κ3) is 3.95. The Hall–Kier alpha value is -3.14. The summed E-state index contributed by atoms with van der Waals surface area (Å²) >= 11 is 1.00. The molecule has 154 valence electrons. The van der Waals surface area contributed by atoms with E-state index in [0.29, 0.717) is 5.82 Å². The Labute approximate surface area is 173 Å². The molecule has 1 atom stereocenters. The second kappa shape index (κ2) is 7.60. The van der Waals surface area contributed by atoms with Gasteiger partial charge in [-0.25, -0.2) is 9.88 Å². The number of hydrogen-bond donors (Lipinski definition) is 1. The monoisotopic (exact) mass is 432 g/mol. The number of nitrogens with zero attached hydrogens (tertiary/aromatic N) is 3. The van der Waals surface area contributed by atoms with Crippen LogP contribution in [0.2, 0.25) is 0 Å². The number of aryl methyl sites for hydroxylation is 1. The third-order valence-corrected chi connectivity index (χ3v) is 5.62. The summed E-state index contributed by atoms with van der Waals surface area (Å²) in [4.78, 5) is 30.2. The average Bonchev–Trinajstić information content (AvgIpc) is 3.26. The van der Waals surface area contributed by atoms with Crippen LogP contribution in [0.1, 0.15) is 17.5 Å². The SMILES string of the molecule is Cc1ccc(-c2nc(S[C@H]3CC(=O)N(c4cccc(C(F)(F)F)c4)C3=O)n[nH]2)cc1. The van der Waals surface area contributed by atoms with E-state index in [1.54, 1.807) is 0 Å². The van der Waals surface area contributed by atoms with Crippen LogP contribution in [0.3, 0.4) is 0 Å². The highest BCUT2D eigenvalue weighted by atomic mass is 32.2. The van der Waals surface area contributed by atoms with E-state index in [0.717, 1.165) is 39.9 Å². The molecule has 1 saturated heterocycles. The van der Waals surface area contributed by atoms with Crippen LogP contribution in [-0.2, 0) is 15.8 Å². The number of thioether (sulfide) groups is 1. The van der Waals surface area contributed by atoms with Crippen molar-refractivity contribution in [2.24, 2.45) is 0 Å². The van der Waals surface area contributed by atoms with Gasteiger partial charge in [-0.2, -0.15) is 13.2 Å². The lowest BCUT2D eigenvalue weighted by Gasteiger charge is -2.16. The number of aromatic amines is 1. The number of hydrogen-bond acceptors (Lipinski definition) is 5. The first-order valence-electron chi connectivity index (χ1n) is 8.92. The number of anilines is 1. The highest BCUT2D eigenvalue weighted by molar-refractivity contribution is 8.00. The summed E-state index contributed by atoms with van der Waals surface area (Å²) in [5.74, 6) is -0.638. The zero-order chi connectivity index (χ0) is 21.5. The molecule has 30 heavy (non-hydrogen) atoms. The molecule has 4 rings (SSSR count). The molecule has 1 N–H and O–H groups in total. The molecule has 0 spiro atoms. The van der Waals surface area contributed by atoms with E-state index in [-0.39, 0.29) is 17.3 Å². The average molecular weight is 432 g/mol. The van der Waals surface area contributed by atoms with Crippen LogP contribution in [0, 0.1) is 6.92 Å². The third-order valence-electron chi connectivity index (χ3n) is 4.57. The van der Waals surface area contributed by atoms with Gasteiger partial charge in [0.1, 0.15) is 5.25 Å². The standard InChI is InChI=1S/C20H15F3N4O2S/c1-11-5-7-12(8-6-11)17-24-19(26-25-17)30-15-10-16(28)27(18(15)29)14-4-2-3-13(9-14)20(21,22)23/h2-9,15H,10H2,1H3,(H,24,25,26)/t15-/m0/s1. The van der Waals surface area contributed by atoms with Crippen molar-refractivity contribution in [1.29, 1.82) is 0 Å². The van der Waals surface area contributed by atoms with E-state index < -0.39 is 28.8 Å². The lowest BCUT2D eigenvalue weighted by atomic mass is 10.1. The topological polar surface area (TPSA) is 79.0 Å². The van der Waals surface area contributed by atoms with Gasteiger partial charge in [0.25, 0.3) is 0 Å². The molecular formula is C20H15F3N4O2S. The number of nitrogens with one attached hydrogen (secondary N) is 1. The summed E-state index contributed by atoms with van der Waals surface area (Å²) in [7, 11) is 0. The maximum Gasteiger partial charge on any atom is 0.416 e. The molecule has 0 unspecified atom stereocenters. The van der Waals surface area contributed by atoms with Crippen LogP contribution >= 0.6 is 11.8 Å². The molecule has 1 fully saturated rings. The highest BCUT2D eigenvalue weighted by Gasteiger charge is 2.41. The molecule has 6 nitrogen and oxygen atoms in total. The molecule has 3 aromatic rings. The van der Waals surface area contributed by atoms with Gasteiger partial charge in [0.05, 0.1) is 11.3 Å². The zero-order valence-electron chi connectivity index (χ0n) is 15.6. The Balaban J connectivity index is 1.52. The van der Waals surface area contributed by atoms with E-state index in [4.69, 9.17) is 0 Å². The zero-order valence-corrected chi connectivity index (χ0v) is 16.4. The number of halogens is 3. The van der Waals surface area contributed by atoms with Crippen molar-refractivity contribution < 1.29 is 22.8 Å². The highest BCUT2D eigenvalue weighted by Crippen LogP contribution is 2.36. The van der Waals surface area contributed by atoms with Crippen molar-refractivity contribution in [3.63, 3.8) is 0 Å². The summed E-state index contributed by atoms with van der Waals surface area (Å²) in [5, 5.41) is 6.34. The van der Waals surface area contributed by atoms with Gasteiger partial charge in [-0.05, 0) is 25.1 Å². The molecule has 1 aromatic heterocycles. The molecule has 2 aromatic carbocycles. The van der Waals surface area contributed by atoms with E-state index in [2.05, 4.69) is 15.2 Å². The Bertz CT molecular complexity index is 1110. The number of benzene rings is 2. The smallest absolute Gasteiger partial charge is 0.274 e. The summed E-state index contributed by atoms with van der Waals surface area (Å²) in [6, 6.07) is 11.8. The maximum absolute atomic E-state index is 13.0. The predicted molar refractivity (Wildman–Crippen MR) is 105 cm³/mol. The molecular weight excluding hydrogens is 417 g/mol. The number of amides is 2. The fraction of sp³-hybridized carbons (Fsp3) is 0.200. The minimum Gasteiger partial charge on any atom is -0.274 e. The Morgan fingerprint density at radius 3 is 2.57 bits per heavy atom. The summed E-state index contributed by atoms with van der Waals surface area (Å²) < 4.78 is 38.9. The molecule has 0 saturated carbocycles. The molecule has 0 bridgehead atoms. The van der Waals surface area contributed by atoms with Crippen molar-refractivity contribution in [3.8, 4) is 11.4 Å². The molecule has 1 aliphatic rings. The van der Waals surface area contributed by atoms with Crippen molar-refractivity contribution in [2.75, 3.05) is 4.90 Å². The Morgan fingerprint density at radius 1 is 1.13 bits per heavy atom. The van der Waals surface area contributed by atoms with Gasteiger partial charge in [-0.3, -0.25) is 14.7 Å². The minimum atomic E-state index is -4.57. The van der Waals surface area contributed by atoms with Gasteiger partial charge < -0.3 is 0 Å². The van der Waals surface area contributed by atoms with Crippen molar-refractivity contribution in [3.05, 3.63) is 59.7 Å². The van der Waals surface area contributed by atoms with Crippen molar-refractivity contribution in [1.82, 2.24) is 15.2 Å². The Morgan fingerprint density at radius 2 is 1.87 bits per heavy atom. The molecule has 0 radical (unpaired) electrons. The second-order valence-corrected chi connectivity index (χ2v) is 7.93. The molecule has 1 aliphatic heterocycles. The van der Waals surface area contributed by atoms with Crippen LogP contribution in [0.15, 0.2) is 53.7 Å². The molecule has 10 heteroatoms. The predicted octanol–water partition coefficient (Wildman–Crippen LogP) is 4.22. The van der Waals surface area contributed by atoms with E-state index >= 15 is 0 Å². The number of imide groups is 1. The fourth-order valence-electron chi connectivity index (χ4n) is 3.06. The van der Waals surface area contributed by atoms with Gasteiger partial charge in [-0.15, -0.1) is 5.10 Å². The first-order chi connectivity index (χ1) is 14.2. The largest absolute Gasteiger partial charge is 0.416 e. The lowest BCUT2D eigenvalue weighted by molar-refractivity contribution is -0.137. The second-order valence-electron chi connectivity index (χ2n) is 6.76. The first-order valence-corrected chi connectivity index (χ1v) is 9.80. The summed E-state index contributed by atoms with van der Waals surface area (Å²) in [6.07, 6.45) is -4.71. The van der Waals surface area contributed by atoms with Crippen LogP contribution in [0.25, 0.3) is 11.4 Å². The van der Waals surface area contributed by atoms with Crippen LogP contribution in [0.5, 0.6) is 0 Å². The Kier molecular flexibility index (Phi) is 5.10. The number of H-pyrrole nitrogens is 1. The van der Waals surface area contributed by atoms with Gasteiger partial charge >= 0.3 is 6.18 Å². The van der Waals surface area contributed by atoms with Gasteiger partial charge in [0.15, 0.2) is 5.82 Å². The normalized spacial score (nSPS) is 17.1. The lowest BCUT2D eigenvalue weighted by Crippen LogP contribution is -2.31. The quantitative estimate of drug-likeness (QED) is 0.625. The number of carbonyl (C=O) groups excluding carboxylic acids is 2. The molecule has 0 aliphatic carbocycles. The van der Waals surface area contributed by atoms with Gasteiger partial charge in [0.2, 0.25) is 17.0 Å². The first kappa shape index (κ1) is 20.1. The minimum absolute atomic E-state index is 0.0988. The number of alkyl halides is 3. The number of rotatable bonds is 4. The van der Waals surface area contributed by atoms with Crippen LogP contribution in [-0.4, -0.2) is 32.2 Å². The summed E-state index contributed by atoms with van der Waals surface area (Å²) in [6.45, 7) is 1.96. The van der Waals surface area contributed by atoms with Crippen LogP contribution in [0.4, 0.5) is 18.9 Å². The van der Waals surface area contributed by atoms with E-state index in [1.165, 1.54) is 12.1 Å².